The standard InChI is InChI=1S/C21H22N2O6S/c1-4-27-16-9-6-13(10-17(16)28-5-2)20(25)29-12-19(24)23-21-22-15-8-7-14(26-3)11-18(15)30-21/h6-11H,4-5,12H2,1-3H3,(H,22,23,24). The number of hydrogen-bond acceptors (Lipinski definition) is 8. The maximum Gasteiger partial charge on any atom is 0.338 e. The Labute approximate surface area is 177 Å². The van der Waals surface area contributed by atoms with E-state index >= 15 is 0 Å². The summed E-state index contributed by atoms with van der Waals surface area (Å²) in [7, 11) is 1.58. The number of amides is 1. The van der Waals surface area contributed by atoms with Crippen molar-refractivity contribution in [3.8, 4) is 17.2 Å². The molecule has 0 radical (unpaired) electrons. The highest BCUT2D eigenvalue weighted by molar-refractivity contribution is 7.22. The van der Waals surface area contributed by atoms with Crippen LogP contribution in [0.2, 0.25) is 0 Å². The van der Waals surface area contributed by atoms with Crippen molar-refractivity contribution in [2.24, 2.45) is 0 Å². The summed E-state index contributed by atoms with van der Waals surface area (Å²) < 4.78 is 22.1. The first kappa shape index (κ1) is 21.4. The third-order valence-electron chi connectivity index (χ3n) is 3.96. The van der Waals surface area contributed by atoms with Crippen LogP contribution < -0.4 is 19.5 Å². The largest absolute Gasteiger partial charge is 0.497 e. The second-order valence-electron chi connectivity index (χ2n) is 6.00. The van der Waals surface area contributed by atoms with Gasteiger partial charge < -0.3 is 18.9 Å². The molecule has 0 aliphatic heterocycles. The second-order valence-corrected chi connectivity index (χ2v) is 7.04. The van der Waals surface area contributed by atoms with Crippen LogP contribution in [0.1, 0.15) is 24.2 Å². The van der Waals surface area contributed by atoms with Crippen LogP contribution in [-0.2, 0) is 9.53 Å². The minimum atomic E-state index is -0.636. The van der Waals surface area contributed by atoms with Gasteiger partial charge in [0.25, 0.3) is 5.91 Å². The minimum absolute atomic E-state index is 0.266. The van der Waals surface area contributed by atoms with E-state index in [0.717, 1.165) is 10.2 Å². The monoisotopic (exact) mass is 430 g/mol. The molecule has 1 heterocycles. The van der Waals surface area contributed by atoms with E-state index in [-0.39, 0.29) is 5.56 Å². The Bertz CT molecular complexity index is 1050. The number of hydrogen-bond donors (Lipinski definition) is 1. The topological polar surface area (TPSA) is 96.0 Å². The van der Waals surface area contributed by atoms with Crippen molar-refractivity contribution in [2.75, 3.05) is 32.2 Å². The molecule has 0 aliphatic carbocycles. The van der Waals surface area contributed by atoms with Gasteiger partial charge in [0.2, 0.25) is 0 Å². The molecule has 0 spiro atoms. The zero-order valence-electron chi connectivity index (χ0n) is 16.9. The minimum Gasteiger partial charge on any atom is -0.497 e. The molecule has 0 unspecified atom stereocenters. The Morgan fingerprint density at radius 3 is 2.53 bits per heavy atom. The van der Waals surface area contributed by atoms with Crippen molar-refractivity contribution in [1.82, 2.24) is 4.98 Å². The first-order valence-electron chi connectivity index (χ1n) is 9.35. The van der Waals surface area contributed by atoms with E-state index in [1.807, 2.05) is 26.0 Å². The lowest BCUT2D eigenvalue weighted by molar-refractivity contribution is -0.119. The summed E-state index contributed by atoms with van der Waals surface area (Å²) in [5.41, 5.74) is 1.01. The molecular weight excluding hydrogens is 408 g/mol. The van der Waals surface area contributed by atoms with E-state index in [2.05, 4.69) is 10.3 Å². The summed E-state index contributed by atoms with van der Waals surface area (Å²) in [5, 5.41) is 3.05. The number of aromatic nitrogens is 1. The number of thiazole rings is 1. The average molecular weight is 430 g/mol. The lowest BCUT2D eigenvalue weighted by atomic mass is 10.2. The van der Waals surface area contributed by atoms with Gasteiger partial charge in [-0.3, -0.25) is 10.1 Å². The first-order chi connectivity index (χ1) is 14.5. The number of ether oxygens (including phenoxy) is 4. The number of carbonyl (C=O) groups is 2. The highest BCUT2D eigenvalue weighted by Gasteiger charge is 2.15. The van der Waals surface area contributed by atoms with Crippen LogP contribution in [-0.4, -0.2) is 43.8 Å². The number of carbonyl (C=O) groups excluding carboxylic acids is 2. The smallest absolute Gasteiger partial charge is 0.338 e. The SMILES string of the molecule is CCOc1ccc(C(=O)OCC(=O)Nc2nc3ccc(OC)cc3s2)cc1OCC. The fourth-order valence-corrected chi connectivity index (χ4v) is 3.54. The van der Waals surface area contributed by atoms with Gasteiger partial charge in [0.05, 0.1) is 36.1 Å². The van der Waals surface area contributed by atoms with Crippen molar-refractivity contribution >= 4 is 38.6 Å². The molecule has 0 fully saturated rings. The summed E-state index contributed by atoms with van der Waals surface area (Å²) in [4.78, 5) is 28.8. The van der Waals surface area contributed by atoms with Crippen LogP contribution in [0.15, 0.2) is 36.4 Å². The Morgan fingerprint density at radius 1 is 1.03 bits per heavy atom. The van der Waals surface area contributed by atoms with E-state index in [1.165, 1.54) is 17.4 Å². The molecule has 0 atom stereocenters. The van der Waals surface area contributed by atoms with Crippen molar-refractivity contribution in [2.45, 2.75) is 13.8 Å². The van der Waals surface area contributed by atoms with E-state index < -0.39 is 18.5 Å². The van der Waals surface area contributed by atoms with Crippen molar-refractivity contribution in [1.29, 1.82) is 0 Å². The van der Waals surface area contributed by atoms with Crippen molar-refractivity contribution < 1.29 is 28.5 Å². The van der Waals surface area contributed by atoms with Crippen LogP contribution in [0.3, 0.4) is 0 Å². The van der Waals surface area contributed by atoms with Crippen molar-refractivity contribution in [3.63, 3.8) is 0 Å². The summed E-state index contributed by atoms with van der Waals surface area (Å²) in [6.07, 6.45) is 0. The molecule has 1 N–H and O–H groups in total. The van der Waals surface area contributed by atoms with Gasteiger partial charge in [-0.25, -0.2) is 9.78 Å². The average Bonchev–Trinajstić information content (AvgIpc) is 3.14. The van der Waals surface area contributed by atoms with Crippen LogP contribution in [0.25, 0.3) is 10.2 Å². The number of benzene rings is 2. The summed E-state index contributed by atoms with van der Waals surface area (Å²) in [5.74, 6) is 0.581. The second kappa shape index (κ2) is 9.93. The molecule has 2 aromatic carbocycles. The molecule has 3 rings (SSSR count). The molecular formula is C21H22N2O6S. The molecule has 0 saturated carbocycles. The lowest BCUT2D eigenvalue weighted by Gasteiger charge is -2.12. The quantitative estimate of drug-likeness (QED) is 0.514. The number of nitrogens with one attached hydrogen (secondary N) is 1. The molecule has 0 aliphatic rings. The molecule has 0 bridgehead atoms. The molecule has 30 heavy (non-hydrogen) atoms. The normalized spacial score (nSPS) is 10.5. The number of methoxy groups -OCH3 is 1. The van der Waals surface area contributed by atoms with E-state index in [4.69, 9.17) is 18.9 Å². The van der Waals surface area contributed by atoms with Crippen LogP contribution >= 0.6 is 11.3 Å². The highest BCUT2D eigenvalue weighted by Crippen LogP contribution is 2.30. The van der Waals surface area contributed by atoms with Gasteiger partial charge in [0, 0.05) is 0 Å². The third kappa shape index (κ3) is 5.18. The maximum absolute atomic E-state index is 12.3. The molecule has 9 heteroatoms. The fourth-order valence-electron chi connectivity index (χ4n) is 2.63. The zero-order chi connectivity index (χ0) is 21.5. The number of anilines is 1. The molecule has 158 valence electrons. The molecule has 8 nitrogen and oxygen atoms in total. The van der Waals surface area contributed by atoms with Gasteiger partial charge in [-0.05, 0) is 50.2 Å². The van der Waals surface area contributed by atoms with Crippen LogP contribution in [0, 0.1) is 0 Å². The van der Waals surface area contributed by atoms with Gasteiger partial charge in [-0.15, -0.1) is 0 Å². The van der Waals surface area contributed by atoms with Gasteiger partial charge in [-0.1, -0.05) is 11.3 Å². The van der Waals surface area contributed by atoms with Crippen LogP contribution in [0.4, 0.5) is 5.13 Å². The van der Waals surface area contributed by atoms with Gasteiger partial charge in [0.1, 0.15) is 5.75 Å². The van der Waals surface area contributed by atoms with E-state index in [1.54, 1.807) is 25.3 Å². The van der Waals surface area contributed by atoms with Crippen molar-refractivity contribution in [3.05, 3.63) is 42.0 Å². The number of esters is 1. The lowest BCUT2D eigenvalue weighted by Crippen LogP contribution is -2.20. The highest BCUT2D eigenvalue weighted by atomic mass is 32.1. The summed E-state index contributed by atoms with van der Waals surface area (Å²) in [6.45, 7) is 4.16. The summed E-state index contributed by atoms with van der Waals surface area (Å²) >= 11 is 1.31. The maximum atomic E-state index is 12.3. The molecule has 3 aromatic rings. The molecule has 1 amide bonds. The Morgan fingerprint density at radius 2 is 1.80 bits per heavy atom. The summed E-state index contributed by atoms with van der Waals surface area (Å²) in [6, 6.07) is 10.2. The Hall–Kier alpha value is -3.33. The number of rotatable bonds is 9. The first-order valence-corrected chi connectivity index (χ1v) is 10.2. The predicted molar refractivity (Wildman–Crippen MR) is 114 cm³/mol. The third-order valence-corrected chi connectivity index (χ3v) is 4.89. The van der Waals surface area contributed by atoms with Crippen LogP contribution in [0.5, 0.6) is 17.2 Å². The van der Waals surface area contributed by atoms with Gasteiger partial charge in [-0.2, -0.15) is 0 Å². The van der Waals surface area contributed by atoms with E-state index in [0.29, 0.717) is 35.6 Å². The molecule has 1 aromatic heterocycles. The fraction of sp³-hybridized carbons (Fsp3) is 0.286. The molecule has 0 saturated heterocycles. The number of fused-ring (bicyclic) bond motifs is 1. The number of nitrogens with zero attached hydrogens (tertiary/aromatic N) is 1. The Kier molecular flexibility index (Phi) is 7.08. The van der Waals surface area contributed by atoms with Gasteiger partial charge >= 0.3 is 5.97 Å². The Balaban J connectivity index is 1.60. The predicted octanol–water partition coefficient (Wildman–Crippen LogP) is 3.90. The van der Waals surface area contributed by atoms with Gasteiger partial charge in [0.15, 0.2) is 23.2 Å². The zero-order valence-corrected chi connectivity index (χ0v) is 17.7. The van der Waals surface area contributed by atoms with E-state index in [9.17, 15) is 9.59 Å².